The fourth-order valence-corrected chi connectivity index (χ4v) is 2.43. The molecule has 0 saturated heterocycles. The Bertz CT molecular complexity index is 467. The Kier molecular flexibility index (Phi) is 6.92. The lowest BCUT2D eigenvalue weighted by atomic mass is 10.1. The van der Waals surface area contributed by atoms with Gasteiger partial charge in [-0.25, -0.2) is 0 Å². The maximum atomic E-state index is 12.2. The van der Waals surface area contributed by atoms with Gasteiger partial charge in [-0.2, -0.15) is 0 Å². The Morgan fingerprint density at radius 1 is 1.14 bits per heavy atom. The molecule has 0 aliphatic carbocycles. The highest BCUT2D eigenvalue weighted by atomic mass is 16.4. The zero-order valence-electron chi connectivity index (χ0n) is 13.1. The first kappa shape index (κ1) is 17.2. The van der Waals surface area contributed by atoms with Crippen LogP contribution in [0.3, 0.4) is 0 Å². The van der Waals surface area contributed by atoms with Crippen LogP contribution in [0.1, 0.15) is 44.7 Å². The molecule has 4 heteroatoms. The van der Waals surface area contributed by atoms with Gasteiger partial charge in [0.25, 0.3) is 0 Å². The van der Waals surface area contributed by atoms with Crippen molar-refractivity contribution in [3.63, 3.8) is 0 Å². The van der Waals surface area contributed by atoms with Crippen LogP contribution in [-0.2, 0) is 22.4 Å². The molecule has 1 N–H and O–H groups in total. The lowest BCUT2D eigenvalue weighted by Gasteiger charge is -2.27. The maximum Gasteiger partial charge on any atom is 0.305 e. The van der Waals surface area contributed by atoms with Crippen LogP contribution in [0.25, 0.3) is 0 Å². The van der Waals surface area contributed by atoms with Crippen molar-refractivity contribution < 1.29 is 14.7 Å². The first-order valence-corrected chi connectivity index (χ1v) is 7.57. The van der Waals surface area contributed by atoms with Gasteiger partial charge < -0.3 is 10.0 Å². The molecule has 0 saturated carbocycles. The number of carboxylic acids is 1. The standard InChI is InChI=1S/C17H25NO3/c1-4-14-6-8-15(9-7-14)10-11-16(19)18(5-2)13(3)12-17(20)21/h6-9,13H,4-5,10-12H2,1-3H3,(H,20,21). The fourth-order valence-electron chi connectivity index (χ4n) is 2.43. The van der Waals surface area contributed by atoms with Gasteiger partial charge in [-0.15, -0.1) is 0 Å². The van der Waals surface area contributed by atoms with Gasteiger partial charge in [-0.3, -0.25) is 9.59 Å². The molecule has 1 amide bonds. The molecule has 0 radical (unpaired) electrons. The highest BCUT2D eigenvalue weighted by molar-refractivity contribution is 5.77. The second-order valence-corrected chi connectivity index (χ2v) is 5.30. The molecule has 1 unspecified atom stereocenters. The number of nitrogens with zero attached hydrogens (tertiary/aromatic N) is 1. The predicted octanol–water partition coefficient (Wildman–Crippen LogP) is 2.89. The third kappa shape index (κ3) is 5.58. The molecule has 0 aliphatic rings. The fraction of sp³-hybridized carbons (Fsp3) is 0.529. The Balaban J connectivity index is 2.55. The van der Waals surface area contributed by atoms with Crippen molar-refractivity contribution in [1.82, 2.24) is 4.90 Å². The van der Waals surface area contributed by atoms with Gasteiger partial charge in [-0.05, 0) is 37.8 Å². The Morgan fingerprint density at radius 2 is 1.71 bits per heavy atom. The average molecular weight is 291 g/mol. The molecule has 1 atom stereocenters. The van der Waals surface area contributed by atoms with E-state index in [0.717, 1.165) is 12.0 Å². The van der Waals surface area contributed by atoms with Crippen LogP contribution in [0.4, 0.5) is 0 Å². The van der Waals surface area contributed by atoms with Crippen LogP contribution >= 0.6 is 0 Å². The topological polar surface area (TPSA) is 57.6 Å². The van der Waals surface area contributed by atoms with Gasteiger partial charge >= 0.3 is 5.97 Å². The van der Waals surface area contributed by atoms with Crippen LogP contribution in [-0.4, -0.2) is 34.5 Å². The number of aryl methyl sites for hydroxylation is 2. The molecule has 21 heavy (non-hydrogen) atoms. The maximum absolute atomic E-state index is 12.2. The average Bonchev–Trinajstić information content (AvgIpc) is 2.45. The first-order chi connectivity index (χ1) is 9.97. The molecule has 0 fully saturated rings. The number of aliphatic carboxylic acids is 1. The number of hydrogen-bond acceptors (Lipinski definition) is 2. The van der Waals surface area contributed by atoms with E-state index in [1.807, 2.05) is 6.92 Å². The Labute approximate surface area is 126 Å². The number of amides is 1. The zero-order chi connectivity index (χ0) is 15.8. The van der Waals surface area contributed by atoms with Gasteiger partial charge in [0, 0.05) is 19.0 Å². The summed E-state index contributed by atoms with van der Waals surface area (Å²) in [5.41, 5.74) is 2.43. The summed E-state index contributed by atoms with van der Waals surface area (Å²) in [4.78, 5) is 24.6. The van der Waals surface area contributed by atoms with E-state index in [9.17, 15) is 9.59 Å². The molecular weight excluding hydrogens is 266 g/mol. The van der Waals surface area contributed by atoms with E-state index in [1.165, 1.54) is 5.56 Å². The summed E-state index contributed by atoms with van der Waals surface area (Å²) < 4.78 is 0. The Morgan fingerprint density at radius 3 is 2.19 bits per heavy atom. The van der Waals surface area contributed by atoms with E-state index in [1.54, 1.807) is 11.8 Å². The summed E-state index contributed by atoms with van der Waals surface area (Å²) in [5.74, 6) is -0.852. The first-order valence-electron chi connectivity index (χ1n) is 7.57. The van der Waals surface area contributed by atoms with Crippen molar-refractivity contribution in [3.8, 4) is 0 Å². The van der Waals surface area contributed by atoms with Crippen LogP contribution in [0.15, 0.2) is 24.3 Å². The number of carbonyl (C=O) groups is 2. The quantitative estimate of drug-likeness (QED) is 0.801. The molecule has 1 aromatic carbocycles. The van der Waals surface area contributed by atoms with Gasteiger partial charge in [0.05, 0.1) is 6.42 Å². The summed E-state index contributed by atoms with van der Waals surface area (Å²) in [5, 5.41) is 8.83. The molecule has 0 aromatic heterocycles. The lowest BCUT2D eigenvalue weighted by Crippen LogP contribution is -2.39. The summed E-state index contributed by atoms with van der Waals surface area (Å²) in [7, 11) is 0. The van der Waals surface area contributed by atoms with Crippen LogP contribution in [0.2, 0.25) is 0 Å². The van der Waals surface area contributed by atoms with Crippen LogP contribution in [0, 0.1) is 0 Å². The molecule has 1 rings (SSSR count). The van der Waals surface area contributed by atoms with Crippen molar-refractivity contribution in [2.45, 2.75) is 52.5 Å². The van der Waals surface area contributed by atoms with Crippen molar-refractivity contribution >= 4 is 11.9 Å². The Hall–Kier alpha value is -1.84. The molecule has 0 heterocycles. The summed E-state index contributed by atoms with van der Waals surface area (Å²) in [6, 6.07) is 8.03. The van der Waals surface area contributed by atoms with E-state index in [2.05, 4.69) is 31.2 Å². The third-order valence-corrected chi connectivity index (χ3v) is 3.72. The van der Waals surface area contributed by atoms with Crippen molar-refractivity contribution in [2.24, 2.45) is 0 Å². The highest BCUT2D eigenvalue weighted by Gasteiger charge is 2.20. The van der Waals surface area contributed by atoms with Crippen LogP contribution < -0.4 is 0 Å². The number of carboxylic acid groups (broad SMARTS) is 1. The molecular formula is C17H25NO3. The summed E-state index contributed by atoms with van der Waals surface area (Å²) in [6.07, 6.45) is 2.11. The molecule has 4 nitrogen and oxygen atoms in total. The number of benzene rings is 1. The van der Waals surface area contributed by atoms with Crippen molar-refractivity contribution in [3.05, 3.63) is 35.4 Å². The largest absolute Gasteiger partial charge is 0.481 e. The van der Waals surface area contributed by atoms with E-state index in [0.29, 0.717) is 19.4 Å². The minimum atomic E-state index is -0.871. The van der Waals surface area contributed by atoms with Crippen molar-refractivity contribution in [1.29, 1.82) is 0 Å². The zero-order valence-corrected chi connectivity index (χ0v) is 13.1. The third-order valence-electron chi connectivity index (χ3n) is 3.72. The monoisotopic (exact) mass is 291 g/mol. The summed E-state index contributed by atoms with van der Waals surface area (Å²) in [6.45, 7) is 6.32. The molecule has 116 valence electrons. The predicted molar refractivity (Wildman–Crippen MR) is 83.2 cm³/mol. The van der Waals surface area contributed by atoms with Gasteiger partial charge in [0.1, 0.15) is 0 Å². The van der Waals surface area contributed by atoms with E-state index >= 15 is 0 Å². The molecule has 1 aromatic rings. The number of hydrogen-bond donors (Lipinski definition) is 1. The second kappa shape index (κ2) is 8.45. The summed E-state index contributed by atoms with van der Waals surface area (Å²) >= 11 is 0. The van der Waals surface area contributed by atoms with Gasteiger partial charge in [-0.1, -0.05) is 31.2 Å². The van der Waals surface area contributed by atoms with Gasteiger partial charge in [0.15, 0.2) is 0 Å². The second-order valence-electron chi connectivity index (χ2n) is 5.30. The van der Waals surface area contributed by atoms with E-state index < -0.39 is 5.97 Å². The lowest BCUT2D eigenvalue weighted by molar-refractivity contribution is -0.140. The van der Waals surface area contributed by atoms with Crippen LogP contribution in [0.5, 0.6) is 0 Å². The van der Waals surface area contributed by atoms with Gasteiger partial charge in [0.2, 0.25) is 5.91 Å². The van der Waals surface area contributed by atoms with Crippen molar-refractivity contribution in [2.75, 3.05) is 6.54 Å². The minimum Gasteiger partial charge on any atom is -0.481 e. The smallest absolute Gasteiger partial charge is 0.305 e. The normalized spacial score (nSPS) is 12.0. The molecule has 0 spiro atoms. The molecule has 0 aliphatic heterocycles. The number of rotatable bonds is 8. The highest BCUT2D eigenvalue weighted by Crippen LogP contribution is 2.11. The van der Waals surface area contributed by atoms with E-state index in [-0.39, 0.29) is 18.4 Å². The molecule has 0 bridgehead atoms. The minimum absolute atomic E-state index is 0.00915. The van der Waals surface area contributed by atoms with E-state index in [4.69, 9.17) is 5.11 Å². The number of carbonyl (C=O) groups excluding carboxylic acids is 1. The SMILES string of the molecule is CCc1ccc(CCC(=O)N(CC)C(C)CC(=O)O)cc1.